The van der Waals surface area contributed by atoms with Gasteiger partial charge in [-0.15, -0.1) is 0 Å². The number of nitrogens with two attached hydrogens (primary N) is 1. The molecule has 0 radical (unpaired) electrons. The van der Waals surface area contributed by atoms with Gasteiger partial charge in [0.15, 0.2) is 0 Å². The first-order chi connectivity index (χ1) is 7.91. The fourth-order valence-electron chi connectivity index (χ4n) is 1.91. The second kappa shape index (κ2) is 4.24. The van der Waals surface area contributed by atoms with Crippen LogP contribution in [-0.2, 0) is 4.57 Å². The van der Waals surface area contributed by atoms with Gasteiger partial charge in [-0.05, 0) is 28.8 Å². The molecule has 5 heteroatoms. The van der Waals surface area contributed by atoms with E-state index in [1.54, 1.807) is 6.07 Å². The van der Waals surface area contributed by atoms with Crippen LogP contribution < -0.4 is 5.73 Å². The average molecular weight is 251 g/mol. The lowest BCUT2D eigenvalue weighted by Crippen LogP contribution is -2.11. The summed E-state index contributed by atoms with van der Waals surface area (Å²) in [5, 5.41) is 1.76. The van der Waals surface area contributed by atoms with Crippen LogP contribution in [0.4, 0.5) is 0 Å². The van der Waals surface area contributed by atoms with Gasteiger partial charge in [-0.3, -0.25) is 4.57 Å². The Bertz CT molecular complexity index is 606. The second-order valence-electron chi connectivity index (χ2n) is 4.05. The number of rotatable bonds is 2. The molecule has 0 aromatic heterocycles. The van der Waals surface area contributed by atoms with Gasteiger partial charge in [-0.2, -0.15) is 0 Å². The van der Waals surface area contributed by atoms with E-state index in [9.17, 15) is 4.57 Å². The minimum absolute atomic E-state index is 0.486. The largest absolute Gasteiger partial charge is 0.346 e. The van der Waals surface area contributed by atoms with Crippen molar-refractivity contribution in [1.29, 1.82) is 0 Å². The molecule has 0 amide bonds. The highest BCUT2D eigenvalue weighted by Gasteiger charge is 2.27. The minimum Gasteiger partial charge on any atom is -0.323 e. The lowest BCUT2D eigenvalue weighted by atomic mass is 10.0. The van der Waals surface area contributed by atoms with Crippen LogP contribution in [0.15, 0.2) is 36.4 Å². The molecule has 0 spiro atoms. The summed E-state index contributed by atoms with van der Waals surface area (Å²) in [6.45, 7) is 1.95. The molecule has 2 aromatic carbocycles. The Labute approximate surface area is 99.2 Å². The molecule has 0 fully saturated rings. The molecule has 0 aliphatic carbocycles. The molecular formula is C12H14NO3P. The summed E-state index contributed by atoms with van der Waals surface area (Å²) in [5.41, 5.74) is 7.17. The van der Waals surface area contributed by atoms with Gasteiger partial charge in [0.2, 0.25) is 0 Å². The maximum absolute atomic E-state index is 11.2. The minimum atomic E-state index is -4.32. The Hall–Kier alpha value is -1.19. The van der Waals surface area contributed by atoms with Crippen molar-refractivity contribution in [1.82, 2.24) is 0 Å². The summed E-state index contributed by atoms with van der Waals surface area (Å²) in [7, 11) is -4.32. The number of aryl methyl sites for hydroxylation is 1. The standard InChI is InChI=1S/C12H14NO3P/c1-8-6-7-11(12(13)17(14,15)16)10-5-3-2-4-9(8)10/h2-7,12H,13H2,1H3,(H2,14,15,16). The van der Waals surface area contributed by atoms with Crippen LogP contribution >= 0.6 is 7.60 Å². The molecule has 0 aliphatic heterocycles. The fraction of sp³-hybridized carbons (Fsp3) is 0.167. The Balaban J connectivity index is 2.72. The SMILES string of the molecule is Cc1ccc(C(N)P(=O)(O)O)c2ccccc12. The molecule has 2 aromatic rings. The first kappa shape index (κ1) is 12.3. The summed E-state index contributed by atoms with van der Waals surface area (Å²) >= 11 is 0. The monoisotopic (exact) mass is 251 g/mol. The van der Waals surface area contributed by atoms with E-state index in [-0.39, 0.29) is 0 Å². The highest BCUT2D eigenvalue weighted by Crippen LogP contribution is 2.49. The maximum atomic E-state index is 11.2. The van der Waals surface area contributed by atoms with Crippen molar-refractivity contribution >= 4 is 18.4 Å². The summed E-state index contributed by atoms with van der Waals surface area (Å²) < 4.78 is 11.2. The van der Waals surface area contributed by atoms with Gasteiger partial charge < -0.3 is 15.5 Å². The topological polar surface area (TPSA) is 83.6 Å². The van der Waals surface area contributed by atoms with Crippen LogP contribution in [0, 0.1) is 6.92 Å². The zero-order valence-corrected chi connectivity index (χ0v) is 10.3. The van der Waals surface area contributed by atoms with E-state index in [1.165, 1.54) is 0 Å². The lowest BCUT2D eigenvalue weighted by Gasteiger charge is -2.16. The predicted molar refractivity (Wildman–Crippen MR) is 67.7 cm³/mol. The molecule has 0 heterocycles. The Morgan fingerprint density at radius 2 is 1.71 bits per heavy atom. The van der Waals surface area contributed by atoms with Crippen molar-refractivity contribution in [2.45, 2.75) is 12.7 Å². The van der Waals surface area contributed by atoms with Crippen molar-refractivity contribution in [2.24, 2.45) is 5.73 Å². The van der Waals surface area contributed by atoms with Gasteiger partial charge >= 0.3 is 7.60 Å². The molecule has 0 saturated heterocycles. The van der Waals surface area contributed by atoms with E-state index in [1.807, 2.05) is 37.3 Å². The number of hydrogen-bond acceptors (Lipinski definition) is 2. The first-order valence-corrected chi connectivity index (χ1v) is 6.88. The summed E-state index contributed by atoms with van der Waals surface area (Å²) in [4.78, 5) is 18.3. The van der Waals surface area contributed by atoms with Gasteiger partial charge in [0.25, 0.3) is 0 Å². The molecule has 2 rings (SSSR count). The zero-order chi connectivity index (χ0) is 12.6. The van der Waals surface area contributed by atoms with E-state index < -0.39 is 13.4 Å². The van der Waals surface area contributed by atoms with Crippen LogP contribution in [0.3, 0.4) is 0 Å². The second-order valence-corrected chi connectivity index (χ2v) is 5.79. The van der Waals surface area contributed by atoms with Crippen LogP contribution in [0.25, 0.3) is 10.8 Å². The maximum Gasteiger partial charge on any atom is 0.346 e. The normalized spacial score (nSPS) is 13.9. The summed E-state index contributed by atoms with van der Waals surface area (Å²) in [5.74, 6) is -1.27. The quantitative estimate of drug-likeness (QED) is 0.715. The molecule has 17 heavy (non-hydrogen) atoms. The van der Waals surface area contributed by atoms with Crippen molar-refractivity contribution in [3.63, 3.8) is 0 Å². The van der Waals surface area contributed by atoms with Crippen LogP contribution in [0.5, 0.6) is 0 Å². The van der Waals surface area contributed by atoms with Crippen molar-refractivity contribution in [2.75, 3.05) is 0 Å². The molecule has 4 N–H and O–H groups in total. The van der Waals surface area contributed by atoms with Gasteiger partial charge in [-0.25, -0.2) is 0 Å². The fourth-order valence-corrected chi connectivity index (χ4v) is 2.50. The molecule has 4 nitrogen and oxygen atoms in total. The number of fused-ring (bicyclic) bond motifs is 1. The van der Waals surface area contributed by atoms with Crippen LogP contribution in [0.1, 0.15) is 16.9 Å². The van der Waals surface area contributed by atoms with Crippen molar-refractivity contribution < 1.29 is 14.4 Å². The molecule has 1 unspecified atom stereocenters. The number of benzene rings is 2. The third kappa shape index (κ3) is 2.26. The third-order valence-corrected chi connectivity index (χ3v) is 3.86. The van der Waals surface area contributed by atoms with E-state index in [2.05, 4.69) is 0 Å². The molecule has 1 atom stereocenters. The Kier molecular flexibility index (Phi) is 3.06. The molecule has 0 aliphatic rings. The predicted octanol–water partition coefficient (Wildman–Crippen LogP) is 2.28. The third-order valence-electron chi connectivity index (χ3n) is 2.86. The number of hydrogen-bond donors (Lipinski definition) is 3. The molecule has 90 valence electrons. The Morgan fingerprint density at radius 1 is 1.12 bits per heavy atom. The highest BCUT2D eigenvalue weighted by atomic mass is 31.2. The molecular weight excluding hydrogens is 237 g/mol. The summed E-state index contributed by atoms with van der Waals surface area (Å²) in [6, 6.07) is 11.0. The first-order valence-electron chi connectivity index (χ1n) is 5.20. The van der Waals surface area contributed by atoms with Gasteiger partial charge in [0, 0.05) is 0 Å². The van der Waals surface area contributed by atoms with E-state index in [0.29, 0.717) is 5.56 Å². The average Bonchev–Trinajstić information content (AvgIpc) is 2.28. The van der Waals surface area contributed by atoms with Gasteiger partial charge in [-0.1, -0.05) is 36.4 Å². The lowest BCUT2D eigenvalue weighted by molar-refractivity contribution is 0.360. The zero-order valence-electron chi connectivity index (χ0n) is 9.37. The molecule has 0 saturated carbocycles. The van der Waals surface area contributed by atoms with E-state index in [4.69, 9.17) is 15.5 Å². The van der Waals surface area contributed by atoms with E-state index >= 15 is 0 Å². The van der Waals surface area contributed by atoms with Crippen molar-refractivity contribution in [3.8, 4) is 0 Å². The van der Waals surface area contributed by atoms with Gasteiger partial charge in [0.05, 0.1) is 0 Å². The molecule has 0 bridgehead atoms. The van der Waals surface area contributed by atoms with Crippen LogP contribution in [0.2, 0.25) is 0 Å². The van der Waals surface area contributed by atoms with Crippen LogP contribution in [-0.4, -0.2) is 9.79 Å². The van der Waals surface area contributed by atoms with E-state index in [0.717, 1.165) is 16.3 Å². The summed E-state index contributed by atoms with van der Waals surface area (Å²) in [6.07, 6.45) is 0. The van der Waals surface area contributed by atoms with Gasteiger partial charge in [0.1, 0.15) is 5.78 Å². The smallest absolute Gasteiger partial charge is 0.323 e. The Morgan fingerprint density at radius 3 is 2.29 bits per heavy atom. The van der Waals surface area contributed by atoms with Crippen molar-refractivity contribution in [3.05, 3.63) is 47.5 Å². The highest BCUT2D eigenvalue weighted by molar-refractivity contribution is 7.52.